The number of carbonyl (C=O) groups excluding carboxylic acids is 3. The zero-order valence-electron chi connectivity index (χ0n) is 9.62. The summed E-state index contributed by atoms with van der Waals surface area (Å²) in [5.41, 5.74) is 5.17. The lowest BCUT2D eigenvalue weighted by molar-refractivity contribution is -0.139. The smallest absolute Gasteiger partial charge is 0.309 e. The Morgan fingerprint density at radius 3 is 2.00 bits per heavy atom. The van der Waals surface area contributed by atoms with Crippen LogP contribution in [0.25, 0.3) is 0 Å². The molecule has 1 saturated carbocycles. The van der Waals surface area contributed by atoms with Crippen LogP contribution in [0.15, 0.2) is 0 Å². The number of rotatable bonds is 6. The summed E-state index contributed by atoms with van der Waals surface area (Å²) in [7, 11) is 0. The molecule has 0 unspecified atom stereocenters. The fourth-order valence-corrected chi connectivity index (χ4v) is 1.20. The molecule has 1 fully saturated rings. The summed E-state index contributed by atoms with van der Waals surface area (Å²) in [6.07, 6.45) is 1.89. The lowest BCUT2D eigenvalue weighted by atomic mass is 10.4. The molecule has 0 aromatic carbocycles. The van der Waals surface area contributed by atoms with E-state index >= 15 is 0 Å². The van der Waals surface area contributed by atoms with Crippen molar-refractivity contribution >= 4 is 17.7 Å². The van der Waals surface area contributed by atoms with Crippen molar-refractivity contribution in [2.75, 3.05) is 26.2 Å². The van der Waals surface area contributed by atoms with E-state index in [1.54, 1.807) is 0 Å². The van der Waals surface area contributed by atoms with Crippen molar-refractivity contribution in [3.05, 3.63) is 0 Å². The van der Waals surface area contributed by atoms with Gasteiger partial charge in [-0.1, -0.05) is 0 Å². The van der Waals surface area contributed by atoms with Gasteiger partial charge >= 0.3 is 11.8 Å². The van der Waals surface area contributed by atoms with Crippen molar-refractivity contribution in [2.45, 2.75) is 12.8 Å². The molecular formula is C10H18N4O3. The maximum Gasteiger partial charge on any atom is 0.309 e. The molecule has 0 saturated heterocycles. The van der Waals surface area contributed by atoms with Crippen LogP contribution in [0.4, 0.5) is 0 Å². The van der Waals surface area contributed by atoms with Crippen LogP contribution in [-0.2, 0) is 14.4 Å². The van der Waals surface area contributed by atoms with Gasteiger partial charge in [-0.2, -0.15) is 0 Å². The Morgan fingerprint density at radius 2 is 1.47 bits per heavy atom. The average molecular weight is 242 g/mol. The first-order valence-electron chi connectivity index (χ1n) is 5.69. The van der Waals surface area contributed by atoms with Crippen LogP contribution in [-0.4, -0.2) is 43.9 Å². The molecule has 0 bridgehead atoms. The first-order valence-corrected chi connectivity index (χ1v) is 5.69. The lowest BCUT2D eigenvalue weighted by Gasteiger charge is -2.06. The number of nitrogens with two attached hydrogens (primary N) is 1. The summed E-state index contributed by atoms with van der Waals surface area (Å²) in [5.74, 6) is -1.24. The largest absolute Gasteiger partial charge is 0.354 e. The highest BCUT2D eigenvalue weighted by molar-refractivity contribution is 6.35. The number of nitrogens with one attached hydrogen (secondary N) is 3. The van der Waals surface area contributed by atoms with Crippen molar-refractivity contribution in [3.8, 4) is 0 Å². The summed E-state index contributed by atoms with van der Waals surface area (Å²) < 4.78 is 0. The van der Waals surface area contributed by atoms with E-state index in [4.69, 9.17) is 5.73 Å². The first kappa shape index (κ1) is 13.4. The summed E-state index contributed by atoms with van der Waals surface area (Å²) in [5, 5.41) is 7.42. The summed E-state index contributed by atoms with van der Waals surface area (Å²) in [4.78, 5) is 33.5. The fourth-order valence-electron chi connectivity index (χ4n) is 1.20. The van der Waals surface area contributed by atoms with Crippen molar-refractivity contribution in [3.63, 3.8) is 0 Å². The van der Waals surface area contributed by atoms with Crippen molar-refractivity contribution in [1.29, 1.82) is 0 Å². The van der Waals surface area contributed by atoms with Gasteiger partial charge in [0.1, 0.15) is 0 Å². The van der Waals surface area contributed by atoms with Gasteiger partial charge in [0.2, 0.25) is 5.91 Å². The average Bonchev–Trinajstić information content (AvgIpc) is 3.14. The molecule has 5 N–H and O–H groups in total. The summed E-state index contributed by atoms with van der Waals surface area (Å²) >= 11 is 0. The second-order valence-electron chi connectivity index (χ2n) is 3.87. The molecule has 0 heterocycles. The summed E-state index contributed by atoms with van der Waals surface area (Å²) in [6.45, 7) is 1.14. The molecule has 0 aliphatic heterocycles. The zero-order valence-corrected chi connectivity index (χ0v) is 9.62. The van der Waals surface area contributed by atoms with Crippen LogP contribution in [0.1, 0.15) is 12.8 Å². The molecule has 0 atom stereocenters. The highest BCUT2D eigenvalue weighted by atomic mass is 16.2. The standard InChI is InChI=1S/C10H18N4O3/c11-3-4-12-9(16)10(17)14-6-5-13-8(15)7-1-2-7/h7H,1-6,11H2,(H,12,16)(H,13,15)(H,14,17). The lowest BCUT2D eigenvalue weighted by Crippen LogP contribution is -2.44. The number of hydrogen-bond donors (Lipinski definition) is 4. The second-order valence-corrected chi connectivity index (χ2v) is 3.87. The van der Waals surface area contributed by atoms with Crippen molar-refractivity contribution in [1.82, 2.24) is 16.0 Å². The molecule has 1 aliphatic carbocycles. The molecule has 0 radical (unpaired) electrons. The van der Waals surface area contributed by atoms with Crippen molar-refractivity contribution < 1.29 is 14.4 Å². The van der Waals surface area contributed by atoms with Gasteiger partial charge in [-0.05, 0) is 12.8 Å². The minimum Gasteiger partial charge on any atom is -0.354 e. The Morgan fingerprint density at radius 1 is 0.941 bits per heavy atom. The van der Waals surface area contributed by atoms with Gasteiger partial charge in [-0.15, -0.1) is 0 Å². The van der Waals surface area contributed by atoms with Crippen LogP contribution in [0, 0.1) is 5.92 Å². The van der Waals surface area contributed by atoms with E-state index < -0.39 is 11.8 Å². The van der Waals surface area contributed by atoms with Gasteiger partial charge in [-0.25, -0.2) is 0 Å². The molecule has 17 heavy (non-hydrogen) atoms. The monoisotopic (exact) mass is 242 g/mol. The highest BCUT2D eigenvalue weighted by Crippen LogP contribution is 2.28. The predicted molar refractivity (Wildman–Crippen MR) is 60.8 cm³/mol. The molecule has 7 nitrogen and oxygen atoms in total. The van der Waals surface area contributed by atoms with E-state index in [1.165, 1.54) is 0 Å². The Kier molecular flexibility index (Phi) is 5.41. The Bertz CT molecular complexity index is 302. The van der Waals surface area contributed by atoms with E-state index in [0.29, 0.717) is 6.54 Å². The van der Waals surface area contributed by atoms with E-state index in [0.717, 1.165) is 12.8 Å². The van der Waals surface area contributed by atoms with E-state index in [2.05, 4.69) is 16.0 Å². The van der Waals surface area contributed by atoms with Gasteiger partial charge in [0.15, 0.2) is 0 Å². The van der Waals surface area contributed by atoms with Gasteiger partial charge < -0.3 is 21.7 Å². The van der Waals surface area contributed by atoms with Crippen LogP contribution in [0.5, 0.6) is 0 Å². The van der Waals surface area contributed by atoms with E-state index in [9.17, 15) is 14.4 Å². The van der Waals surface area contributed by atoms with Gasteiger partial charge in [0.05, 0.1) is 0 Å². The zero-order chi connectivity index (χ0) is 12.7. The van der Waals surface area contributed by atoms with Crippen LogP contribution < -0.4 is 21.7 Å². The third kappa shape index (κ3) is 5.30. The summed E-state index contributed by atoms with van der Waals surface area (Å²) in [6, 6.07) is 0. The molecule has 7 heteroatoms. The molecule has 96 valence electrons. The molecule has 0 aromatic heterocycles. The maximum absolute atomic E-state index is 11.2. The van der Waals surface area contributed by atoms with Gasteiger partial charge in [0.25, 0.3) is 0 Å². The third-order valence-electron chi connectivity index (χ3n) is 2.29. The topological polar surface area (TPSA) is 113 Å². The Balaban J connectivity index is 2.02. The van der Waals surface area contributed by atoms with Gasteiger partial charge in [-0.3, -0.25) is 14.4 Å². The number of amides is 3. The third-order valence-corrected chi connectivity index (χ3v) is 2.29. The molecule has 0 aromatic rings. The van der Waals surface area contributed by atoms with E-state index in [1.807, 2.05) is 0 Å². The predicted octanol–water partition coefficient (Wildman–Crippen LogP) is -2.30. The Labute approximate surface area is 99.5 Å². The first-order chi connectivity index (χ1) is 8.15. The molecule has 0 spiro atoms. The van der Waals surface area contributed by atoms with Crippen molar-refractivity contribution in [2.24, 2.45) is 11.7 Å². The fraction of sp³-hybridized carbons (Fsp3) is 0.700. The quantitative estimate of drug-likeness (QED) is 0.310. The highest BCUT2D eigenvalue weighted by Gasteiger charge is 2.29. The number of hydrogen-bond acceptors (Lipinski definition) is 4. The molecule has 1 rings (SSSR count). The van der Waals surface area contributed by atoms with Gasteiger partial charge in [0, 0.05) is 32.1 Å². The molecular weight excluding hydrogens is 224 g/mol. The molecule has 3 amide bonds. The SMILES string of the molecule is NCCNC(=O)C(=O)NCCNC(=O)C1CC1. The van der Waals surface area contributed by atoms with Crippen LogP contribution in [0.2, 0.25) is 0 Å². The van der Waals surface area contributed by atoms with Crippen LogP contribution in [0.3, 0.4) is 0 Å². The Hall–Kier alpha value is -1.63. The van der Waals surface area contributed by atoms with E-state index in [-0.39, 0.29) is 31.5 Å². The normalized spacial score (nSPS) is 13.9. The minimum absolute atomic E-state index is 0.0202. The minimum atomic E-state index is -0.709. The molecule has 1 aliphatic rings. The maximum atomic E-state index is 11.2. The number of carbonyl (C=O) groups is 3. The second kappa shape index (κ2) is 6.85. The van der Waals surface area contributed by atoms with Crippen LogP contribution >= 0.6 is 0 Å².